The maximum atomic E-state index is 13.3. The molecule has 3 nitrogen and oxygen atoms in total. The lowest BCUT2D eigenvalue weighted by Crippen LogP contribution is -2.38. The van der Waals surface area contributed by atoms with E-state index in [1.807, 2.05) is 0 Å². The molecule has 2 heterocycles. The number of benzene rings is 2. The standard InChI is InChI=1S/C19H20ClFN2O/c20-17-10-15(21)4-5-16(17)18-12-23(8-9-24-18)11-14-3-1-2-13-6-7-22-19(13)14/h1-5,10,18,22H,6-9,11-12H2. The van der Waals surface area contributed by atoms with Crippen LogP contribution in [0, 0.1) is 5.82 Å². The number of hydrogen-bond donors (Lipinski definition) is 1. The molecule has 2 aromatic rings. The van der Waals surface area contributed by atoms with E-state index in [1.165, 1.54) is 28.9 Å². The highest BCUT2D eigenvalue weighted by molar-refractivity contribution is 6.31. The van der Waals surface area contributed by atoms with Gasteiger partial charge in [0, 0.05) is 42.5 Å². The number of hydrogen-bond acceptors (Lipinski definition) is 3. The largest absolute Gasteiger partial charge is 0.384 e. The molecule has 1 unspecified atom stereocenters. The van der Waals surface area contributed by atoms with Gasteiger partial charge in [-0.15, -0.1) is 0 Å². The minimum Gasteiger partial charge on any atom is -0.384 e. The second-order valence-corrected chi connectivity index (χ2v) is 6.80. The maximum Gasteiger partial charge on any atom is 0.124 e. The Hall–Kier alpha value is -1.62. The van der Waals surface area contributed by atoms with Gasteiger partial charge in [0.25, 0.3) is 0 Å². The highest BCUT2D eigenvalue weighted by Gasteiger charge is 2.25. The fourth-order valence-electron chi connectivity index (χ4n) is 3.58. The van der Waals surface area contributed by atoms with E-state index in [-0.39, 0.29) is 11.9 Å². The van der Waals surface area contributed by atoms with Crippen LogP contribution in [0.3, 0.4) is 0 Å². The highest BCUT2D eigenvalue weighted by Crippen LogP contribution is 2.31. The summed E-state index contributed by atoms with van der Waals surface area (Å²) in [6.45, 7) is 4.20. The summed E-state index contributed by atoms with van der Waals surface area (Å²) in [7, 11) is 0. The topological polar surface area (TPSA) is 24.5 Å². The third-order valence-corrected chi connectivity index (χ3v) is 5.11. The first-order valence-corrected chi connectivity index (χ1v) is 8.72. The van der Waals surface area contributed by atoms with Crippen LogP contribution in [0.2, 0.25) is 5.02 Å². The van der Waals surface area contributed by atoms with Gasteiger partial charge >= 0.3 is 0 Å². The number of para-hydroxylation sites is 1. The average Bonchev–Trinajstić information content (AvgIpc) is 3.05. The number of ether oxygens (including phenoxy) is 1. The lowest BCUT2D eigenvalue weighted by molar-refractivity contribution is -0.0328. The van der Waals surface area contributed by atoms with Crippen molar-refractivity contribution in [3.8, 4) is 0 Å². The summed E-state index contributed by atoms with van der Waals surface area (Å²) in [5, 5.41) is 3.93. The Morgan fingerprint density at radius 3 is 3.08 bits per heavy atom. The van der Waals surface area contributed by atoms with Crippen molar-refractivity contribution >= 4 is 17.3 Å². The lowest BCUT2D eigenvalue weighted by atomic mass is 10.0. The van der Waals surface area contributed by atoms with Crippen LogP contribution in [0.25, 0.3) is 0 Å². The van der Waals surface area contributed by atoms with Gasteiger partial charge in [0.15, 0.2) is 0 Å². The van der Waals surface area contributed by atoms with Gasteiger partial charge in [0.2, 0.25) is 0 Å². The summed E-state index contributed by atoms with van der Waals surface area (Å²) in [5.74, 6) is -0.317. The third-order valence-electron chi connectivity index (χ3n) is 4.79. The van der Waals surface area contributed by atoms with Gasteiger partial charge in [-0.2, -0.15) is 0 Å². The number of rotatable bonds is 3. The van der Waals surface area contributed by atoms with E-state index in [0.29, 0.717) is 11.6 Å². The number of anilines is 1. The molecule has 2 aliphatic rings. The third kappa shape index (κ3) is 3.14. The van der Waals surface area contributed by atoms with Gasteiger partial charge in [-0.1, -0.05) is 35.9 Å². The van der Waals surface area contributed by atoms with Crippen LogP contribution < -0.4 is 5.32 Å². The monoisotopic (exact) mass is 346 g/mol. The Labute approximate surface area is 146 Å². The molecule has 24 heavy (non-hydrogen) atoms. The van der Waals surface area contributed by atoms with Crippen molar-refractivity contribution in [2.45, 2.75) is 19.1 Å². The second-order valence-electron chi connectivity index (χ2n) is 6.39. The molecule has 0 aliphatic carbocycles. The summed E-state index contributed by atoms with van der Waals surface area (Å²) in [4.78, 5) is 2.38. The zero-order valence-electron chi connectivity index (χ0n) is 13.4. The minimum absolute atomic E-state index is 0.114. The van der Waals surface area contributed by atoms with Crippen LogP contribution in [-0.2, 0) is 17.7 Å². The van der Waals surface area contributed by atoms with Gasteiger partial charge in [-0.05, 0) is 29.7 Å². The van der Waals surface area contributed by atoms with E-state index in [1.54, 1.807) is 6.07 Å². The van der Waals surface area contributed by atoms with E-state index < -0.39 is 0 Å². The van der Waals surface area contributed by atoms with Crippen LogP contribution in [0.5, 0.6) is 0 Å². The number of halogens is 2. The number of nitrogens with one attached hydrogen (secondary N) is 1. The van der Waals surface area contributed by atoms with Gasteiger partial charge in [0.05, 0.1) is 12.7 Å². The smallest absolute Gasteiger partial charge is 0.124 e. The molecule has 0 bridgehead atoms. The fourth-order valence-corrected chi connectivity index (χ4v) is 3.87. The highest BCUT2D eigenvalue weighted by atomic mass is 35.5. The predicted octanol–water partition coefficient (Wildman–Crippen LogP) is 4.02. The van der Waals surface area contributed by atoms with E-state index in [2.05, 4.69) is 28.4 Å². The Balaban J connectivity index is 1.50. The van der Waals surface area contributed by atoms with Crippen molar-refractivity contribution in [2.24, 2.45) is 0 Å². The van der Waals surface area contributed by atoms with Crippen molar-refractivity contribution in [1.29, 1.82) is 0 Å². The predicted molar refractivity (Wildman–Crippen MR) is 94.0 cm³/mol. The molecule has 2 aromatic carbocycles. The van der Waals surface area contributed by atoms with Crippen molar-refractivity contribution in [2.75, 3.05) is 31.6 Å². The number of nitrogens with zero attached hydrogens (tertiary/aromatic N) is 1. The second kappa shape index (κ2) is 6.71. The molecule has 5 heteroatoms. The summed E-state index contributed by atoms with van der Waals surface area (Å²) < 4.78 is 19.1. The summed E-state index contributed by atoms with van der Waals surface area (Å²) in [6, 6.07) is 11.0. The molecular formula is C19H20ClFN2O. The van der Waals surface area contributed by atoms with E-state index in [0.717, 1.165) is 38.2 Å². The molecule has 126 valence electrons. The Morgan fingerprint density at radius 2 is 2.21 bits per heavy atom. The van der Waals surface area contributed by atoms with E-state index >= 15 is 0 Å². The molecule has 0 radical (unpaired) electrons. The first-order valence-electron chi connectivity index (χ1n) is 8.34. The van der Waals surface area contributed by atoms with E-state index in [9.17, 15) is 4.39 Å². The molecular weight excluding hydrogens is 327 g/mol. The molecule has 1 fully saturated rings. The molecule has 2 aliphatic heterocycles. The minimum atomic E-state index is -0.317. The van der Waals surface area contributed by atoms with Gasteiger partial charge in [-0.3, -0.25) is 4.90 Å². The van der Waals surface area contributed by atoms with Gasteiger partial charge < -0.3 is 10.1 Å². The normalized spacial score (nSPS) is 20.7. The number of morpholine rings is 1. The van der Waals surface area contributed by atoms with Crippen molar-refractivity contribution < 1.29 is 9.13 Å². The maximum absolute atomic E-state index is 13.3. The lowest BCUT2D eigenvalue weighted by Gasteiger charge is -2.34. The first kappa shape index (κ1) is 15.9. The molecule has 4 rings (SSSR count). The fraction of sp³-hybridized carbons (Fsp3) is 0.368. The summed E-state index contributed by atoms with van der Waals surface area (Å²) >= 11 is 6.20. The SMILES string of the molecule is Fc1ccc(C2CN(Cc3cccc4c3NCC4)CCO2)c(Cl)c1. The van der Waals surface area contributed by atoms with Crippen LogP contribution in [-0.4, -0.2) is 31.1 Å². The molecule has 1 N–H and O–H groups in total. The zero-order valence-corrected chi connectivity index (χ0v) is 14.2. The summed E-state index contributed by atoms with van der Waals surface area (Å²) in [5.41, 5.74) is 4.88. The van der Waals surface area contributed by atoms with Crippen LogP contribution >= 0.6 is 11.6 Å². The molecule has 0 saturated carbocycles. The quantitative estimate of drug-likeness (QED) is 0.908. The van der Waals surface area contributed by atoms with Crippen LogP contribution in [0.15, 0.2) is 36.4 Å². The van der Waals surface area contributed by atoms with Crippen LogP contribution in [0.4, 0.5) is 10.1 Å². The van der Waals surface area contributed by atoms with E-state index in [4.69, 9.17) is 16.3 Å². The van der Waals surface area contributed by atoms with Crippen molar-refractivity contribution in [3.05, 3.63) is 63.9 Å². The molecule has 0 amide bonds. The molecule has 0 spiro atoms. The Bertz CT molecular complexity index is 752. The van der Waals surface area contributed by atoms with Gasteiger partial charge in [0.1, 0.15) is 5.82 Å². The average molecular weight is 347 g/mol. The Morgan fingerprint density at radius 1 is 1.29 bits per heavy atom. The summed E-state index contributed by atoms with van der Waals surface area (Å²) in [6.07, 6.45) is 0.983. The van der Waals surface area contributed by atoms with Crippen molar-refractivity contribution in [1.82, 2.24) is 4.90 Å². The zero-order chi connectivity index (χ0) is 16.5. The van der Waals surface area contributed by atoms with Gasteiger partial charge in [-0.25, -0.2) is 4.39 Å². The Kier molecular flexibility index (Phi) is 4.44. The molecule has 1 saturated heterocycles. The van der Waals surface area contributed by atoms with Crippen molar-refractivity contribution in [3.63, 3.8) is 0 Å². The number of fused-ring (bicyclic) bond motifs is 1. The van der Waals surface area contributed by atoms with Crippen LogP contribution in [0.1, 0.15) is 22.8 Å². The molecule has 1 atom stereocenters. The molecule has 0 aromatic heterocycles. The first-order chi connectivity index (χ1) is 11.7.